The smallest absolute Gasteiger partial charge is 0.331 e. The van der Waals surface area contributed by atoms with Crippen molar-refractivity contribution in [3.8, 4) is 11.5 Å². The molecule has 2 aromatic rings. The summed E-state index contributed by atoms with van der Waals surface area (Å²) >= 11 is 0. The molecule has 0 amide bonds. The predicted octanol–water partition coefficient (Wildman–Crippen LogP) is 1.25. The third-order valence-electron chi connectivity index (χ3n) is 3.96. The summed E-state index contributed by atoms with van der Waals surface area (Å²) in [7, 11) is 3.06. The van der Waals surface area contributed by atoms with E-state index in [2.05, 4.69) is 0 Å². The monoisotopic (exact) mass is 314 g/mol. The van der Waals surface area contributed by atoms with E-state index < -0.39 is 5.56 Å². The Balaban J connectivity index is 1.99. The topological polar surface area (TPSA) is 62.5 Å². The molecule has 0 saturated carbocycles. The van der Waals surface area contributed by atoms with E-state index in [1.165, 1.54) is 11.6 Å². The Bertz CT molecular complexity index is 906. The van der Waals surface area contributed by atoms with Gasteiger partial charge in [-0.05, 0) is 24.6 Å². The third-order valence-corrected chi connectivity index (χ3v) is 3.96. The molecule has 0 spiro atoms. The van der Waals surface area contributed by atoms with Crippen LogP contribution in [0.5, 0.6) is 11.5 Å². The summed E-state index contributed by atoms with van der Waals surface area (Å²) in [5, 5.41) is 0. The second-order valence-corrected chi connectivity index (χ2v) is 5.48. The number of aryl methyl sites for hydroxylation is 1. The highest BCUT2D eigenvalue weighted by molar-refractivity contribution is 5.70. The summed E-state index contributed by atoms with van der Waals surface area (Å²) in [6.07, 6.45) is 1.83. The highest BCUT2D eigenvalue weighted by Crippen LogP contribution is 2.26. The van der Waals surface area contributed by atoms with Gasteiger partial charge >= 0.3 is 5.69 Å². The van der Waals surface area contributed by atoms with Crippen molar-refractivity contribution in [3.05, 3.63) is 62.4 Å². The molecule has 0 radical (unpaired) electrons. The quantitative estimate of drug-likeness (QED) is 0.855. The number of fused-ring (bicyclic) bond motifs is 1. The van der Waals surface area contributed by atoms with Crippen LogP contribution in [0.15, 0.2) is 39.9 Å². The van der Waals surface area contributed by atoms with Crippen molar-refractivity contribution < 1.29 is 9.47 Å². The first-order chi connectivity index (χ1) is 11.0. The lowest BCUT2D eigenvalue weighted by Gasteiger charge is -2.21. The molecule has 1 aromatic carbocycles. The van der Waals surface area contributed by atoms with Crippen LogP contribution < -0.4 is 20.7 Å². The molecule has 1 aliphatic heterocycles. The third kappa shape index (κ3) is 2.56. The lowest BCUT2D eigenvalue weighted by molar-refractivity contribution is 0.328. The number of hydrogen-bond donors (Lipinski definition) is 0. The SMILES string of the molecule is Cc1ccccc1OCC1=CCOc2c1n(C)c(=O)n(C)c2=O. The van der Waals surface area contributed by atoms with Gasteiger partial charge in [0.15, 0.2) is 0 Å². The number of rotatable bonds is 3. The van der Waals surface area contributed by atoms with Crippen LogP contribution in [0.4, 0.5) is 0 Å². The van der Waals surface area contributed by atoms with Gasteiger partial charge in [-0.2, -0.15) is 0 Å². The molecule has 1 aliphatic rings. The van der Waals surface area contributed by atoms with Crippen LogP contribution in [0.25, 0.3) is 5.57 Å². The molecule has 0 aliphatic carbocycles. The van der Waals surface area contributed by atoms with Crippen LogP contribution in [0.3, 0.4) is 0 Å². The molecular formula is C17H18N2O4. The molecule has 0 atom stereocenters. The second-order valence-electron chi connectivity index (χ2n) is 5.48. The summed E-state index contributed by atoms with van der Waals surface area (Å²) in [4.78, 5) is 24.4. The molecule has 0 N–H and O–H groups in total. The van der Waals surface area contributed by atoms with Gasteiger partial charge in [-0.1, -0.05) is 18.2 Å². The van der Waals surface area contributed by atoms with Gasteiger partial charge in [0.2, 0.25) is 5.75 Å². The number of hydrogen-bond acceptors (Lipinski definition) is 4. The Morgan fingerprint density at radius 1 is 1.17 bits per heavy atom. The summed E-state index contributed by atoms with van der Waals surface area (Å²) in [5.41, 5.74) is 1.47. The number of ether oxygens (including phenoxy) is 2. The van der Waals surface area contributed by atoms with Crippen LogP contribution in [0.1, 0.15) is 11.3 Å². The van der Waals surface area contributed by atoms with E-state index in [9.17, 15) is 9.59 Å². The maximum atomic E-state index is 12.2. The number of aromatic nitrogens is 2. The number of para-hydroxylation sites is 1. The zero-order chi connectivity index (χ0) is 16.6. The maximum Gasteiger partial charge on any atom is 0.331 e. The normalized spacial score (nSPS) is 13.1. The van der Waals surface area contributed by atoms with Crippen molar-refractivity contribution in [1.82, 2.24) is 9.13 Å². The average molecular weight is 314 g/mol. The molecule has 3 rings (SSSR count). The zero-order valence-electron chi connectivity index (χ0n) is 13.3. The van der Waals surface area contributed by atoms with Crippen molar-refractivity contribution in [3.63, 3.8) is 0 Å². The number of nitrogens with zero attached hydrogens (tertiary/aromatic N) is 2. The van der Waals surface area contributed by atoms with Crippen molar-refractivity contribution in [2.24, 2.45) is 14.1 Å². The molecule has 6 nitrogen and oxygen atoms in total. The molecule has 0 unspecified atom stereocenters. The molecule has 2 heterocycles. The van der Waals surface area contributed by atoms with Gasteiger partial charge in [0, 0.05) is 19.7 Å². The van der Waals surface area contributed by atoms with E-state index in [0.29, 0.717) is 5.69 Å². The lowest BCUT2D eigenvalue weighted by atomic mass is 10.1. The summed E-state index contributed by atoms with van der Waals surface area (Å²) in [6, 6.07) is 7.70. The Labute approximate surface area is 133 Å². The molecule has 0 fully saturated rings. The van der Waals surface area contributed by atoms with Crippen molar-refractivity contribution in [1.29, 1.82) is 0 Å². The Morgan fingerprint density at radius 2 is 1.91 bits per heavy atom. The van der Waals surface area contributed by atoms with Gasteiger partial charge in [-0.15, -0.1) is 0 Å². The minimum Gasteiger partial charge on any atom is -0.489 e. The highest BCUT2D eigenvalue weighted by Gasteiger charge is 2.23. The molecule has 0 bridgehead atoms. The van der Waals surface area contributed by atoms with E-state index in [1.54, 1.807) is 7.05 Å². The fourth-order valence-electron chi connectivity index (χ4n) is 2.63. The fraction of sp³-hybridized carbons (Fsp3) is 0.294. The number of benzene rings is 1. The average Bonchev–Trinajstić information content (AvgIpc) is 2.57. The van der Waals surface area contributed by atoms with E-state index in [-0.39, 0.29) is 24.7 Å². The Hall–Kier alpha value is -2.76. The second kappa shape index (κ2) is 5.79. The molecule has 6 heteroatoms. The largest absolute Gasteiger partial charge is 0.489 e. The van der Waals surface area contributed by atoms with Crippen molar-refractivity contribution in [2.45, 2.75) is 6.92 Å². The van der Waals surface area contributed by atoms with Crippen molar-refractivity contribution >= 4 is 5.57 Å². The minimum atomic E-state index is -0.426. The van der Waals surface area contributed by atoms with Gasteiger partial charge in [0.25, 0.3) is 5.56 Å². The van der Waals surface area contributed by atoms with Gasteiger partial charge in [-0.25, -0.2) is 4.79 Å². The lowest BCUT2D eigenvalue weighted by Crippen LogP contribution is -2.40. The Kier molecular flexibility index (Phi) is 3.82. The van der Waals surface area contributed by atoms with Crippen LogP contribution in [-0.2, 0) is 14.1 Å². The molecular weight excluding hydrogens is 296 g/mol. The first-order valence-electron chi connectivity index (χ1n) is 7.31. The molecule has 120 valence electrons. The standard InChI is InChI=1S/C17H18N2O4/c1-11-6-4-5-7-13(11)23-10-12-8-9-22-15-14(12)18(2)17(21)19(3)16(15)20/h4-8H,9-10H2,1-3H3. The first-order valence-corrected chi connectivity index (χ1v) is 7.31. The van der Waals surface area contributed by atoms with Gasteiger partial charge < -0.3 is 9.47 Å². The van der Waals surface area contributed by atoms with E-state index in [1.807, 2.05) is 37.3 Å². The minimum absolute atomic E-state index is 0.195. The van der Waals surface area contributed by atoms with Crippen LogP contribution >= 0.6 is 0 Å². The Morgan fingerprint density at radius 3 is 2.65 bits per heavy atom. The van der Waals surface area contributed by atoms with E-state index in [4.69, 9.17) is 9.47 Å². The van der Waals surface area contributed by atoms with Crippen molar-refractivity contribution in [2.75, 3.05) is 13.2 Å². The predicted molar refractivity (Wildman–Crippen MR) is 87.1 cm³/mol. The van der Waals surface area contributed by atoms with Gasteiger partial charge in [0.1, 0.15) is 19.0 Å². The summed E-state index contributed by atoms with van der Waals surface area (Å²) in [6.45, 7) is 2.52. The van der Waals surface area contributed by atoms with E-state index >= 15 is 0 Å². The summed E-state index contributed by atoms with van der Waals surface area (Å²) in [5.74, 6) is 0.968. The molecule has 0 saturated heterocycles. The highest BCUT2D eigenvalue weighted by atomic mass is 16.5. The maximum absolute atomic E-state index is 12.2. The van der Waals surface area contributed by atoms with Gasteiger partial charge in [0.05, 0.1) is 5.69 Å². The zero-order valence-corrected chi connectivity index (χ0v) is 13.3. The van der Waals surface area contributed by atoms with Crippen LogP contribution in [0.2, 0.25) is 0 Å². The van der Waals surface area contributed by atoms with Gasteiger partial charge in [-0.3, -0.25) is 13.9 Å². The fourth-order valence-corrected chi connectivity index (χ4v) is 2.63. The molecule has 1 aromatic heterocycles. The molecule has 23 heavy (non-hydrogen) atoms. The summed E-state index contributed by atoms with van der Waals surface area (Å²) < 4.78 is 13.8. The van der Waals surface area contributed by atoms with Crippen LogP contribution in [0, 0.1) is 6.92 Å². The van der Waals surface area contributed by atoms with E-state index in [0.717, 1.165) is 21.5 Å². The van der Waals surface area contributed by atoms with Crippen LogP contribution in [-0.4, -0.2) is 22.3 Å². The first kappa shape index (κ1) is 15.1.